The largest absolute Gasteiger partial charge is 0.0888 e. The van der Waals surface area contributed by atoms with Gasteiger partial charge in [-0.2, -0.15) is 0 Å². The molecule has 0 aliphatic heterocycles. The molecule has 0 heterocycles. The summed E-state index contributed by atoms with van der Waals surface area (Å²) in [7, 11) is 0. The second-order valence-electron chi connectivity index (χ2n) is 3.64. The lowest BCUT2D eigenvalue weighted by atomic mass is 10.1. The Kier molecular flexibility index (Phi) is 11.5. The molecule has 0 aromatic rings. The van der Waals surface area contributed by atoms with Crippen molar-refractivity contribution in [3.8, 4) is 0 Å². The summed E-state index contributed by atoms with van der Waals surface area (Å²) in [5, 5.41) is 0. The van der Waals surface area contributed by atoms with E-state index < -0.39 is 0 Å². The van der Waals surface area contributed by atoms with Crippen LogP contribution in [0, 0.1) is 6.92 Å². The van der Waals surface area contributed by atoms with Gasteiger partial charge in [0.2, 0.25) is 0 Å². The lowest BCUT2D eigenvalue weighted by Gasteiger charge is -1.98. The summed E-state index contributed by atoms with van der Waals surface area (Å²) < 4.78 is 0. The van der Waals surface area contributed by atoms with E-state index in [2.05, 4.69) is 26.0 Å². The lowest BCUT2D eigenvalue weighted by Crippen LogP contribution is -1.78. The fraction of sp³-hybridized carbons (Fsp3) is 0.769. The van der Waals surface area contributed by atoms with Gasteiger partial charge < -0.3 is 0 Å². The van der Waals surface area contributed by atoms with Gasteiger partial charge >= 0.3 is 0 Å². The Hall–Kier alpha value is -0.260. The number of unbranched alkanes of at least 4 members (excludes halogenated alkanes) is 7. The SMILES string of the molecule is [CH2]CCCCCCCCC=CCC. The maximum Gasteiger partial charge on any atom is -0.0351 e. The van der Waals surface area contributed by atoms with Crippen molar-refractivity contribution in [2.24, 2.45) is 0 Å². The molecule has 0 atom stereocenters. The summed E-state index contributed by atoms with van der Waals surface area (Å²) in [6, 6.07) is 0. The van der Waals surface area contributed by atoms with Gasteiger partial charge in [-0.25, -0.2) is 0 Å². The van der Waals surface area contributed by atoms with Crippen LogP contribution in [0.3, 0.4) is 0 Å². The molecule has 0 heteroatoms. The van der Waals surface area contributed by atoms with Crippen molar-refractivity contribution < 1.29 is 0 Å². The maximum absolute atomic E-state index is 3.84. The predicted octanol–water partition coefficient (Wildman–Crippen LogP) is 4.91. The maximum atomic E-state index is 3.84. The number of allylic oxidation sites excluding steroid dienone is 2. The first-order chi connectivity index (χ1) is 6.41. The zero-order valence-electron chi connectivity index (χ0n) is 9.23. The van der Waals surface area contributed by atoms with Crippen LogP contribution in [0.25, 0.3) is 0 Å². The molecule has 0 saturated carbocycles. The fourth-order valence-electron chi connectivity index (χ4n) is 1.43. The van der Waals surface area contributed by atoms with Crippen molar-refractivity contribution in [1.82, 2.24) is 0 Å². The van der Waals surface area contributed by atoms with Gasteiger partial charge in [-0.05, 0) is 19.3 Å². The number of rotatable bonds is 9. The zero-order valence-corrected chi connectivity index (χ0v) is 9.23. The fourth-order valence-corrected chi connectivity index (χ4v) is 1.43. The smallest absolute Gasteiger partial charge is 0.0351 e. The molecule has 0 amide bonds. The highest BCUT2D eigenvalue weighted by molar-refractivity contribution is 4.79. The van der Waals surface area contributed by atoms with Crippen LogP contribution in [0.2, 0.25) is 0 Å². The van der Waals surface area contributed by atoms with Crippen LogP contribution >= 0.6 is 0 Å². The molecule has 0 aliphatic rings. The Balaban J connectivity index is 2.87. The van der Waals surface area contributed by atoms with E-state index in [9.17, 15) is 0 Å². The van der Waals surface area contributed by atoms with Crippen LogP contribution in [-0.4, -0.2) is 0 Å². The molecule has 0 aromatic heterocycles. The Bertz CT molecular complexity index is 103. The van der Waals surface area contributed by atoms with Crippen molar-refractivity contribution in [2.75, 3.05) is 0 Å². The molecule has 1 radical (unpaired) electrons. The number of hydrogen-bond donors (Lipinski definition) is 0. The molecule has 0 spiro atoms. The Morgan fingerprint density at radius 1 is 0.846 bits per heavy atom. The van der Waals surface area contributed by atoms with E-state index in [1.807, 2.05) is 0 Å². The van der Waals surface area contributed by atoms with Crippen LogP contribution in [0.4, 0.5) is 0 Å². The lowest BCUT2D eigenvalue weighted by molar-refractivity contribution is 0.599. The normalized spacial score (nSPS) is 11.2. The summed E-state index contributed by atoms with van der Waals surface area (Å²) in [6.07, 6.45) is 16.5. The minimum atomic E-state index is 1.11. The predicted molar refractivity (Wildman–Crippen MR) is 61.7 cm³/mol. The minimum absolute atomic E-state index is 1.11. The van der Waals surface area contributed by atoms with Crippen LogP contribution < -0.4 is 0 Å². The van der Waals surface area contributed by atoms with Crippen LogP contribution in [0.5, 0.6) is 0 Å². The third kappa shape index (κ3) is 11.7. The molecule has 77 valence electrons. The molecule has 0 saturated heterocycles. The Labute approximate surface area is 84.4 Å². The topological polar surface area (TPSA) is 0 Å². The molecular formula is C13H25. The van der Waals surface area contributed by atoms with E-state index in [0.717, 1.165) is 6.42 Å². The molecule has 0 aromatic carbocycles. The standard InChI is InChI=1S/C13H25/c1-3-5-7-9-11-13-12-10-8-6-4-2/h6,8H,1,3-5,7,9-13H2,2H3. The number of hydrogen-bond acceptors (Lipinski definition) is 0. The van der Waals surface area contributed by atoms with Gasteiger partial charge in [-0.1, -0.05) is 64.5 Å². The van der Waals surface area contributed by atoms with Crippen LogP contribution in [-0.2, 0) is 0 Å². The third-order valence-corrected chi connectivity index (χ3v) is 2.27. The van der Waals surface area contributed by atoms with Crippen molar-refractivity contribution in [2.45, 2.75) is 64.7 Å². The molecule has 0 rings (SSSR count). The molecule has 0 aliphatic carbocycles. The molecule has 0 unspecified atom stereocenters. The average Bonchev–Trinajstić information content (AvgIpc) is 2.16. The first-order valence-electron chi connectivity index (χ1n) is 5.86. The van der Waals surface area contributed by atoms with Crippen molar-refractivity contribution in [1.29, 1.82) is 0 Å². The molecular weight excluding hydrogens is 156 g/mol. The van der Waals surface area contributed by atoms with E-state index >= 15 is 0 Å². The monoisotopic (exact) mass is 181 g/mol. The van der Waals surface area contributed by atoms with Crippen LogP contribution in [0.15, 0.2) is 12.2 Å². The van der Waals surface area contributed by atoms with Crippen molar-refractivity contribution in [3.63, 3.8) is 0 Å². The van der Waals surface area contributed by atoms with Crippen molar-refractivity contribution in [3.05, 3.63) is 19.1 Å². The van der Waals surface area contributed by atoms with E-state index in [4.69, 9.17) is 0 Å². The first-order valence-corrected chi connectivity index (χ1v) is 5.86. The van der Waals surface area contributed by atoms with Crippen molar-refractivity contribution >= 4 is 0 Å². The van der Waals surface area contributed by atoms with Crippen LogP contribution in [0.1, 0.15) is 64.7 Å². The van der Waals surface area contributed by atoms with E-state index in [-0.39, 0.29) is 0 Å². The summed E-state index contributed by atoms with van der Waals surface area (Å²) in [6.45, 7) is 6.03. The summed E-state index contributed by atoms with van der Waals surface area (Å²) in [5.41, 5.74) is 0. The average molecular weight is 181 g/mol. The van der Waals surface area contributed by atoms with Gasteiger partial charge in [0.1, 0.15) is 0 Å². The second kappa shape index (κ2) is 11.7. The van der Waals surface area contributed by atoms with Gasteiger partial charge in [-0.15, -0.1) is 0 Å². The summed E-state index contributed by atoms with van der Waals surface area (Å²) in [4.78, 5) is 0. The van der Waals surface area contributed by atoms with Gasteiger partial charge in [0.15, 0.2) is 0 Å². The van der Waals surface area contributed by atoms with Gasteiger partial charge in [-0.3, -0.25) is 0 Å². The van der Waals surface area contributed by atoms with Gasteiger partial charge in [0, 0.05) is 0 Å². The minimum Gasteiger partial charge on any atom is -0.0888 e. The van der Waals surface area contributed by atoms with E-state index in [1.54, 1.807) is 0 Å². The molecule has 0 nitrogen and oxygen atoms in total. The third-order valence-electron chi connectivity index (χ3n) is 2.27. The van der Waals surface area contributed by atoms with Gasteiger partial charge in [0.25, 0.3) is 0 Å². The van der Waals surface area contributed by atoms with E-state index in [1.165, 1.54) is 51.4 Å². The Morgan fingerprint density at radius 3 is 2.08 bits per heavy atom. The molecule has 13 heavy (non-hydrogen) atoms. The molecule has 0 N–H and O–H groups in total. The van der Waals surface area contributed by atoms with E-state index in [0.29, 0.717) is 0 Å². The first kappa shape index (κ1) is 12.7. The second-order valence-corrected chi connectivity index (χ2v) is 3.64. The zero-order chi connectivity index (χ0) is 9.78. The highest BCUT2D eigenvalue weighted by atomic mass is 13.9. The Morgan fingerprint density at radius 2 is 1.46 bits per heavy atom. The molecule has 0 fully saturated rings. The molecule has 0 bridgehead atoms. The highest BCUT2D eigenvalue weighted by Gasteiger charge is 1.88. The summed E-state index contributed by atoms with van der Waals surface area (Å²) >= 11 is 0. The quantitative estimate of drug-likeness (QED) is 0.350. The van der Waals surface area contributed by atoms with Gasteiger partial charge in [0.05, 0.1) is 0 Å². The summed E-state index contributed by atoms with van der Waals surface area (Å²) in [5.74, 6) is 0. The highest BCUT2D eigenvalue weighted by Crippen LogP contribution is 2.08.